The molecule has 0 rings (SSSR count). The second kappa shape index (κ2) is 19.7. The molecule has 0 aliphatic carbocycles. The molecular formula is C12H24O4. The van der Waals surface area contributed by atoms with E-state index in [1.807, 2.05) is 12.2 Å². The van der Waals surface area contributed by atoms with Gasteiger partial charge in [0, 0.05) is 0 Å². The molecule has 0 aliphatic rings. The van der Waals surface area contributed by atoms with Crippen LogP contribution in [0.4, 0.5) is 0 Å². The monoisotopic (exact) mass is 232 g/mol. The smallest absolute Gasteiger partial charge is 0.0861 e. The lowest BCUT2D eigenvalue weighted by Crippen LogP contribution is -2.03. The number of hydrogen-bond acceptors (Lipinski definition) is 4. The third-order valence-corrected chi connectivity index (χ3v) is 1.29. The fraction of sp³-hybridized carbons (Fsp3) is 0.667. The minimum absolute atomic E-state index is 0.0278. The third kappa shape index (κ3) is 23.2. The van der Waals surface area contributed by atoms with Crippen molar-refractivity contribution in [2.24, 2.45) is 0 Å². The molecule has 0 aromatic rings. The number of hydrogen-bond donors (Lipinski definition) is 2. The van der Waals surface area contributed by atoms with Gasteiger partial charge in [-0.25, -0.2) is 0 Å². The Hall–Kier alpha value is -0.840. The molecular weight excluding hydrogens is 208 g/mol. The van der Waals surface area contributed by atoms with Crippen LogP contribution in [0, 0.1) is 0 Å². The molecule has 2 N–H and O–H groups in total. The molecule has 96 valence electrons. The molecule has 0 unspecified atom stereocenters. The summed E-state index contributed by atoms with van der Waals surface area (Å²) < 4.78 is 9.59. The van der Waals surface area contributed by atoms with Crippen LogP contribution in [0.5, 0.6) is 0 Å². The second-order valence-electron chi connectivity index (χ2n) is 2.76. The van der Waals surface area contributed by atoms with Crippen molar-refractivity contribution in [3.63, 3.8) is 0 Å². The van der Waals surface area contributed by atoms with Crippen LogP contribution in [0.2, 0.25) is 0 Å². The maximum atomic E-state index is 8.09. The maximum absolute atomic E-state index is 8.09. The van der Waals surface area contributed by atoms with Crippen molar-refractivity contribution in [3.8, 4) is 0 Å². The Morgan fingerprint density at radius 3 is 1.62 bits per heavy atom. The summed E-state index contributed by atoms with van der Waals surface area (Å²) in [6, 6.07) is 0. The van der Waals surface area contributed by atoms with Crippen molar-refractivity contribution in [1.29, 1.82) is 0 Å². The van der Waals surface area contributed by atoms with Crippen LogP contribution >= 0.6 is 0 Å². The van der Waals surface area contributed by atoms with E-state index in [1.165, 1.54) is 0 Å². The second-order valence-corrected chi connectivity index (χ2v) is 2.76. The molecule has 0 heterocycles. The van der Waals surface area contributed by atoms with Gasteiger partial charge in [-0.3, -0.25) is 0 Å². The van der Waals surface area contributed by atoms with Gasteiger partial charge >= 0.3 is 0 Å². The molecule has 0 spiro atoms. The van der Waals surface area contributed by atoms with Gasteiger partial charge < -0.3 is 19.7 Å². The van der Waals surface area contributed by atoms with E-state index in [2.05, 4.69) is 18.6 Å². The molecule has 0 saturated heterocycles. The van der Waals surface area contributed by atoms with E-state index in [-0.39, 0.29) is 13.2 Å². The van der Waals surface area contributed by atoms with Crippen LogP contribution in [0.3, 0.4) is 0 Å². The van der Waals surface area contributed by atoms with Gasteiger partial charge in [-0.1, -0.05) is 13.8 Å². The lowest BCUT2D eigenvalue weighted by Gasteiger charge is -1.94. The summed E-state index contributed by atoms with van der Waals surface area (Å²) in [6.45, 7) is 4.84. The summed E-state index contributed by atoms with van der Waals surface area (Å²) in [5, 5.41) is 16.2. The predicted octanol–water partition coefficient (Wildman–Crippen LogP) is 1.84. The van der Waals surface area contributed by atoms with Crippen molar-refractivity contribution in [3.05, 3.63) is 24.7 Å². The summed E-state index contributed by atoms with van der Waals surface area (Å²) in [7, 11) is 0. The first-order chi connectivity index (χ1) is 7.83. The number of aliphatic hydroxyl groups excluding tert-OH is 2. The number of allylic oxidation sites excluding steroid dienone is 2. The van der Waals surface area contributed by atoms with Crippen LogP contribution in [0.25, 0.3) is 0 Å². The summed E-state index contributed by atoms with van der Waals surface area (Å²) in [6.07, 6.45) is 9.40. The highest BCUT2D eigenvalue weighted by molar-refractivity contribution is 4.77. The van der Waals surface area contributed by atoms with Gasteiger partial charge in [-0.05, 0) is 25.0 Å². The minimum atomic E-state index is 0.0278. The molecule has 4 heteroatoms. The van der Waals surface area contributed by atoms with E-state index in [9.17, 15) is 0 Å². The van der Waals surface area contributed by atoms with Gasteiger partial charge in [-0.15, -0.1) is 0 Å². The molecule has 0 amide bonds. The third-order valence-electron chi connectivity index (χ3n) is 1.29. The fourth-order valence-electron chi connectivity index (χ4n) is 0.580. The largest absolute Gasteiger partial charge is 0.473 e. The topological polar surface area (TPSA) is 58.9 Å². The Kier molecular flexibility index (Phi) is 21.6. The quantitative estimate of drug-likeness (QED) is 0.495. The van der Waals surface area contributed by atoms with Crippen molar-refractivity contribution in [2.45, 2.75) is 26.7 Å². The molecule has 0 radical (unpaired) electrons. The highest BCUT2D eigenvalue weighted by Crippen LogP contribution is 1.85. The minimum Gasteiger partial charge on any atom is -0.473 e. The first-order valence-corrected chi connectivity index (χ1v) is 5.58. The summed E-state index contributed by atoms with van der Waals surface area (Å²) in [5.74, 6) is 0. The van der Waals surface area contributed by atoms with E-state index in [0.717, 1.165) is 12.8 Å². The Bertz CT molecular complexity index is 139. The average molecular weight is 232 g/mol. The summed E-state index contributed by atoms with van der Waals surface area (Å²) in [5.41, 5.74) is 0. The average Bonchev–Trinajstić information content (AvgIpc) is 2.31. The van der Waals surface area contributed by atoms with Crippen LogP contribution in [-0.4, -0.2) is 36.6 Å². The van der Waals surface area contributed by atoms with Crippen LogP contribution in [-0.2, 0) is 9.47 Å². The number of ether oxygens (including phenoxy) is 2. The molecule has 0 fully saturated rings. The Morgan fingerprint density at radius 1 is 0.875 bits per heavy atom. The van der Waals surface area contributed by atoms with E-state index >= 15 is 0 Å². The van der Waals surface area contributed by atoms with Crippen molar-refractivity contribution in [2.75, 3.05) is 26.4 Å². The van der Waals surface area contributed by atoms with Crippen molar-refractivity contribution < 1.29 is 19.7 Å². The number of aliphatic hydroxyl groups is 2. The van der Waals surface area contributed by atoms with Crippen LogP contribution < -0.4 is 0 Å². The molecule has 0 aliphatic heterocycles. The first-order valence-electron chi connectivity index (χ1n) is 5.58. The van der Waals surface area contributed by atoms with Crippen LogP contribution in [0.1, 0.15) is 26.7 Å². The van der Waals surface area contributed by atoms with Gasteiger partial charge in [0.25, 0.3) is 0 Å². The van der Waals surface area contributed by atoms with Crippen molar-refractivity contribution in [1.82, 2.24) is 0 Å². The first kappa shape index (κ1) is 17.6. The standard InChI is InChI=1S/C8H14O.C4H10O3/c1-3-5-7-9-8-6-4-2;5-1-3-7-4-2-6/h5-8H,3-4H2,1-2H3;5-6H,1-4H2/b7-5+,8-6+;. The normalized spacial score (nSPS) is 10.5. The van der Waals surface area contributed by atoms with Crippen LogP contribution in [0.15, 0.2) is 24.7 Å². The summed E-state index contributed by atoms with van der Waals surface area (Å²) in [4.78, 5) is 0. The molecule has 0 saturated carbocycles. The molecule has 4 nitrogen and oxygen atoms in total. The molecule has 0 aromatic carbocycles. The lowest BCUT2D eigenvalue weighted by atomic mass is 10.5. The highest BCUT2D eigenvalue weighted by Gasteiger charge is 1.79. The van der Waals surface area contributed by atoms with Gasteiger partial charge in [0.05, 0.1) is 39.0 Å². The Morgan fingerprint density at radius 2 is 1.31 bits per heavy atom. The zero-order chi connectivity index (χ0) is 12.5. The van der Waals surface area contributed by atoms with E-state index in [1.54, 1.807) is 12.5 Å². The summed E-state index contributed by atoms with van der Waals surface area (Å²) >= 11 is 0. The molecule has 0 atom stereocenters. The van der Waals surface area contributed by atoms with E-state index in [4.69, 9.17) is 14.9 Å². The Labute approximate surface area is 98.2 Å². The van der Waals surface area contributed by atoms with Gasteiger partial charge in [-0.2, -0.15) is 0 Å². The number of rotatable bonds is 8. The zero-order valence-corrected chi connectivity index (χ0v) is 10.3. The predicted molar refractivity (Wildman–Crippen MR) is 64.9 cm³/mol. The van der Waals surface area contributed by atoms with E-state index in [0.29, 0.717) is 13.2 Å². The van der Waals surface area contributed by atoms with Gasteiger partial charge in [0.15, 0.2) is 0 Å². The molecule has 16 heavy (non-hydrogen) atoms. The zero-order valence-electron chi connectivity index (χ0n) is 10.3. The maximum Gasteiger partial charge on any atom is 0.0861 e. The van der Waals surface area contributed by atoms with Crippen molar-refractivity contribution >= 4 is 0 Å². The fourth-order valence-corrected chi connectivity index (χ4v) is 0.580. The SMILES string of the molecule is CC/C=C/O/C=C/CC.OCCOCCO. The molecule has 0 aromatic heterocycles. The van der Waals surface area contributed by atoms with E-state index < -0.39 is 0 Å². The lowest BCUT2D eigenvalue weighted by molar-refractivity contribution is 0.0650. The van der Waals surface area contributed by atoms with Gasteiger partial charge in [0.2, 0.25) is 0 Å². The Balaban J connectivity index is 0. The van der Waals surface area contributed by atoms with Gasteiger partial charge in [0.1, 0.15) is 0 Å². The molecule has 0 bridgehead atoms. The highest BCUT2D eigenvalue weighted by atomic mass is 16.5.